The minimum atomic E-state index is -3.38. The Morgan fingerprint density at radius 1 is 1.50 bits per heavy atom. The van der Waals surface area contributed by atoms with Gasteiger partial charge in [0.1, 0.15) is 0 Å². The van der Waals surface area contributed by atoms with Gasteiger partial charge in [0.15, 0.2) is 0 Å². The minimum absolute atomic E-state index is 0.489. The molecule has 3 nitrogen and oxygen atoms in total. The maximum absolute atomic E-state index is 11.0. The monoisotopic (exact) mass is 212 g/mol. The molecule has 0 aromatic rings. The molecule has 0 heterocycles. The molecule has 5 heteroatoms. The molecule has 1 fully saturated rings. The summed E-state index contributed by atoms with van der Waals surface area (Å²) >= 11 is 0. The van der Waals surface area contributed by atoms with Gasteiger partial charge in [0.2, 0.25) is 9.05 Å². The van der Waals surface area contributed by atoms with Gasteiger partial charge in [-0.3, -0.25) is 0 Å². The molecule has 1 aliphatic rings. The van der Waals surface area contributed by atoms with E-state index in [2.05, 4.69) is 0 Å². The van der Waals surface area contributed by atoms with Crippen LogP contribution in [0.15, 0.2) is 0 Å². The van der Waals surface area contributed by atoms with Gasteiger partial charge < -0.3 is 4.74 Å². The third-order valence-corrected chi connectivity index (χ3v) is 4.86. The van der Waals surface area contributed by atoms with Crippen molar-refractivity contribution in [2.45, 2.75) is 30.9 Å². The molecule has 0 unspecified atom stereocenters. The number of rotatable bonds is 5. The van der Waals surface area contributed by atoms with Crippen molar-refractivity contribution in [2.24, 2.45) is 0 Å². The van der Waals surface area contributed by atoms with Crippen LogP contribution in [0.2, 0.25) is 0 Å². The molecule has 0 radical (unpaired) electrons. The molecule has 72 valence electrons. The maximum Gasteiger partial charge on any atom is 0.238 e. The van der Waals surface area contributed by atoms with E-state index < -0.39 is 13.8 Å². The summed E-state index contributed by atoms with van der Waals surface area (Å²) in [4.78, 5) is 0. The lowest BCUT2D eigenvalue weighted by atomic mass is 10.3. The largest absolute Gasteiger partial charge is 0.382 e. The van der Waals surface area contributed by atoms with E-state index in [1.165, 1.54) is 0 Å². The van der Waals surface area contributed by atoms with Crippen LogP contribution in [-0.2, 0) is 13.8 Å². The minimum Gasteiger partial charge on any atom is -0.382 e. The highest BCUT2D eigenvalue weighted by atomic mass is 35.7. The van der Waals surface area contributed by atoms with Gasteiger partial charge in [-0.1, -0.05) is 0 Å². The second-order valence-electron chi connectivity index (χ2n) is 3.07. The van der Waals surface area contributed by atoms with E-state index in [0.717, 1.165) is 0 Å². The lowest BCUT2D eigenvalue weighted by molar-refractivity contribution is 0.143. The van der Waals surface area contributed by atoms with Gasteiger partial charge in [-0.05, 0) is 26.2 Å². The Kier molecular flexibility index (Phi) is 3.01. The zero-order valence-corrected chi connectivity index (χ0v) is 8.62. The Bertz CT molecular complexity index is 243. The molecule has 0 aromatic carbocycles. The third kappa shape index (κ3) is 2.12. The molecule has 0 aliphatic heterocycles. The normalized spacial score (nSPS) is 20.8. The number of hydrogen-bond acceptors (Lipinski definition) is 3. The fourth-order valence-electron chi connectivity index (χ4n) is 1.16. The quantitative estimate of drug-likeness (QED) is 0.513. The molecule has 1 rings (SSSR count). The maximum atomic E-state index is 11.0. The van der Waals surface area contributed by atoms with E-state index in [-0.39, 0.29) is 0 Å². The Morgan fingerprint density at radius 2 is 2.08 bits per heavy atom. The zero-order chi connectivity index (χ0) is 9.24. The number of hydrogen-bond donors (Lipinski definition) is 0. The van der Waals surface area contributed by atoms with Crippen molar-refractivity contribution >= 4 is 19.7 Å². The third-order valence-electron chi connectivity index (χ3n) is 2.23. The lowest BCUT2D eigenvalue weighted by Gasteiger charge is -2.09. The van der Waals surface area contributed by atoms with Gasteiger partial charge in [0, 0.05) is 23.9 Å². The molecule has 12 heavy (non-hydrogen) atoms. The van der Waals surface area contributed by atoms with Crippen LogP contribution in [0.5, 0.6) is 0 Å². The highest BCUT2D eigenvalue weighted by Gasteiger charge is 2.53. The molecule has 0 spiro atoms. The van der Waals surface area contributed by atoms with Crippen molar-refractivity contribution in [3.63, 3.8) is 0 Å². The second-order valence-corrected chi connectivity index (χ2v) is 6.03. The Balaban J connectivity index is 2.41. The number of ether oxygens (including phenoxy) is 1. The van der Waals surface area contributed by atoms with Crippen molar-refractivity contribution in [3.8, 4) is 0 Å². The van der Waals surface area contributed by atoms with Gasteiger partial charge in [-0.25, -0.2) is 8.42 Å². The van der Waals surface area contributed by atoms with Crippen molar-refractivity contribution < 1.29 is 13.2 Å². The molecule has 1 saturated carbocycles. The van der Waals surface area contributed by atoms with Crippen LogP contribution in [0.4, 0.5) is 0 Å². The summed E-state index contributed by atoms with van der Waals surface area (Å²) in [7, 11) is 1.90. The van der Waals surface area contributed by atoms with E-state index in [1.54, 1.807) is 0 Å². The van der Waals surface area contributed by atoms with E-state index in [0.29, 0.717) is 32.5 Å². The summed E-state index contributed by atoms with van der Waals surface area (Å²) in [5, 5.41) is 0. The molecular weight excluding hydrogens is 200 g/mol. The first-order valence-electron chi connectivity index (χ1n) is 4.04. The average Bonchev–Trinajstić information content (AvgIpc) is 2.67. The van der Waals surface area contributed by atoms with Gasteiger partial charge in [-0.15, -0.1) is 0 Å². The summed E-state index contributed by atoms with van der Waals surface area (Å²) in [6, 6.07) is 0. The number of halogens is 1. The average molecular weight is 213 g/mol. The molecule has 1 aliphatic carbocycles. The van der Waals surface area contributed by atoms with Crippen LogP contribution in [0.1, 0.15) is 26.2 Å². The second kappa shape index (κ2) is 3.52. The Hall–Kier alpha value is 0.200. The highest BCUT2D eigenvalue weighted by Crippen LogP contribution is 2.48. The summed E-state index contributed by atoms with van der Waals surface area (Å²) in [5.41, 5.74) is 0. The van der Waals surface area contributed by atoms with E-state index in [1.807, 2.05) is 6.92 Å². The molecule has 0 bridgehead atoms. The molecular formula is C7H13ClO3S. The van der Waals surface area contributed by atoms with Gasteiger partial charge >= 0.3 is 0 Å². The fraction of sp³-hybridized carbons (Fsp3) is 1.00. The van der Waals surface area contributed by atoms with Crippen LogP contribution in [0, 0.1) is 0 Å². The molecule has 0 amide bonds. The standard InChI is InChI=1S/C7H13ClO3S/c1-2-11-6-5-7(3-4-7)12(8,9)10/h2-6H2,1H3. The van der Waals surface area contributed by atoms with E-state index >= 15 is 0 Å². The molecule has 0 N–H and O–H groups in total. The summed E-state index contributed by atoms with van der Waals surface area (Å²) in [6.45, 7) is 3.00. The first-order chi connectivity index (χ1) is 5.52. The zero-order valence-electron chi connectivity index (χ0n) is 7.05. The van der Waals surface area contributed by atoms with Crippen molar-refractivity contribution in [2.75, 3.05) is 13.2 Å². The topological polar surface area (TPSA) is 43.4 Å². The lowest BCUT2D eigenvalue weighted by Crippen LogP contribution is -2.20. The Morgan fingerprint density at radius 3 is 2.42 bits per heavy atom. The summed E-state index contributed by atoms with van der Waals surface area (Å²) in [5.74, 6) is 0. The molecule has 0 saturated heterocycles. The van der Waals surface area contributed by atoms with Crippen molar-refractivity contribution in [3.05, 3.63) is 0 Å². The van der Waals surface area contributed by atoms with Crippen LogP contribution in [0.3, 0.4) is 0 Å². The highest BCUT2D eigenvalue weighted by molar-refractivity contribution is 8.15. The van der Waals surface area contributed by atoms with Crippen LogP contribution in [-0.4, -0.2) is 26.4 Å². The van der Waals surface area contributed by atoms with E-state index in [9.17, 15) is 8.42 Å². The van der Waals surface area contributed by atoms with Crippen molar-refractivity contribution in [1.29, 1.82) is 0 Å². The predicted octanol–water partition coefficient (Wildman–Crippen LogP) is 1.51. The smallest absolute Gasteiger partial charge is 0.238 e. The predicted molar refractivity (Wildman–Crippen MR) is 47.8 cm³/mol. The fourth-order valence-corrected chi connectivity index (χ4v) is 2.77. The van der Waals surface area contributed by atoms with E-state index in [4.69, 9.17) is 15.4 Å². The molecule has 0 aromatic heterocycles. The molecule has 0 atom stereocenters. The van der Waals surface area contributed by atoms with Crippen molar-refractivity contribution in [1.82, 2.24) is 0 Å². The van der Waals surface area contributed by atoms with Gasteiger partial charge in [0.25, 0.3) is 0 Å². The van der Waals surface area contributed by atoms with Crippen LogP contribution in [0.25, 0.3) is 0 Å². The van der Waals surface area contributed by atoms with Gasteiger partial charge in [-0.2, -0.15) is 0 Å². The summed E-state index contributed by atoms with van der Waals surface area (Å²) < 4.78 is 26.5. The first-order valence-corrected chi connectivity index (χ1v) is 6.35. The Labute approximate surface area is 77.5 Å². The van der Waals surface area contributed by atoms with Crippen LogP contribution >= 0.6 is 10.7 Å². The SMILES string of the molecule is CCOCCC1(S(=O)(=O)Cl)CC1. The summed E-state index contributed by atoms with van der Waals surface area (Å²) in [6.07, 6.45) is 1.91. The van der Waals surface area contributed by atoms with Gasteiger partial charge in [0.05, 0.1) is 4.75 Å². The van der Waals surface area contributed by atoms with Crippen LogP contribution < -0.4 is 0 Å². The first kappa shape index (κ1) is 10.3.